The lowest BCUT2D eigenvalue weighted by atomic mass is 10.3. The molecule has 14 heavy (non-hydrogen) atoms. The Labute approximate surface area is 87.0 Å². The molecule has 1 atom stereocenters. The zero-order chi connectivity index (χ0) is 9.97. The fourth-order valence-corrected chi connectivity index (χ4v) is 1.46. The van der Waals surface area contributed by atoms with Crippen molar-refractivity contribution < 1.29 is 9.94 Å². The minimum Gasteiger partial charge on any atom is -0.389 e. The summed E-state index contributed by atoms with van der Waals surface area (Å²) in [6.07, 6.45) is 1.33. The fourth-order valence-electron chi connectivity index (χ4n) is 1.35. The average molecular weight is 215 g/mol. The molecule has 0 spiro atoms. The van der Waals surface area contributed by atoms with Crippen molar-refractivity contribution in [3.63, 3.8) is 0 Å². The van der Waals surface area contributed by atoms with Crippen LogP contribution in [0.4, 0.5) is 0 Å². The van der Waals surface area contributed by atoms with Gasteiger partial charge in [0, 0.05) is 6.20 Å². The van der Waals surface area contributed by atoms with E-state index < -0.39 is 0 Å². The summed E-state index contributed by atoms with van der Waals surface area (Å²) >= 11 is 5.66. The van der Waals surface area contributed by atoms with Gasteiger partial charge in [-0.05, 0) is 11.6 Å². The van der Waals surface area contributed by atoms with E-state index >= 15 is 0 Å². The number of aliphatic hydroxyl groups excluding tert-OH is 1. The number of hydrogen-bond donors (Lipinski definition) is 1. The minimum atomic E-state index is -0.379. The zero-order valence-electron chi connectivity index (χ0n) is 7.56. The van der Waals surface area contributed by atoms with Gasteiger partial charge in [-0.1, -0.05) is 17.7 Å². The zero-order valence-corrected chi connectivity index (χ0v) is 8.31. The summed E-state index contributed by atoms with van der Waals surface area (Å²) in [5.41, 5.74) is 1.02. The third kappa shape index (κ3) is 2.42. The first-order valence-electron chi connectivity index (χ1n) is 4.40. The van der Waals surface area contributed by atoms with Crippen LogP contribution in [0.2, 0.25) is 5.15 Å². The highest BCUT2D eigenvalue weighted by Crippen LogP contribution is 2.12. The molecule has 5 heteroatoms. The lowest BCUT2D eigenvalue weighted by Gasteiger charge is -2.12. The molecule has 1 aliphatic rings. The number of hydrogen-bond acceptors (Lipinski definition) is 4. The molecule has 4 nitrogen and oxygen atoms in total. The van der Waals surface area contributed by atoms with E-state index in [0.717, 1.165) is 5.56 Å². The van der Waals surface area contributed by atoms with E-state index in [1.807, 2.05) is 6.07 Å². The molecule has 1 saturated heterocycles. The van der Waals surface area contributed by atoms with Crippen molar-refractivity contribution in [3.8, 4) is 0 Å². The smallest absolute Gasteiger partial charge is 0.129 e. The maximum absolute atomic E-state index is 9.22. The van der Waals surface area contributed by atoms with Crippen molar-refractivity contribution in [2.75, 3.05) is 13.2 Å². The second kappa shape index (κ2) is 4.23. The Hall–Kier alpha value is -0.680. The van der Waals surface area contributed by atoms with Crippen molar-refractivity contribution in [2.45, 2.75) is 12.6 Å². The van der Waals surface area contributed by atoms with Gasteiger partial charge >= 0.3 is 0 Å². The van der Waals surface area contributed by atoms with Crippen LogP contribution in [-0.4, -0.2) is 34.4 Å². The predicted molar refractivity (Wildman–Crippen MR) is 51.6 cm³/mol. The van der Waals surface area contributed by atoms with Crippen LogP contribution in [0.25, 0.3) is 0 Å². The molecule has 1 aromatic heterocycles. The third-order valence-electron chi connectivity index (χ3n) is 2.01. The molecule has 1 N–H and O–H groups in total. The number of halogens is 1. The van der Waals surface area contributed by atoms with E-state index in [4.69, 9.17) is 16.4 Å². The van der Waals surface area contributed by atoms with E-state index in [-0.39, 0.29) is 6.10 Å². The summed E-state index contributed by atoms with van der Waals surface area (Å²) in [5.74, 6) is 0. The van der Waals surface area contributed by atoms with E-state index in [1.165, 1.54) is 0 Å². The molecule has 0 aromatic carbocycles. The Balaban J connectivity index is 1.94. The monoisotopic (exact) mass is 214 g/mol. The molecule has 1 fully saturated rings. The summed E-state index contributed by atoms with van der Waals surface area (Å²) in [4.78, 5) is 9.18. The number of rotatable bonds is 2. The van der Waals surface area contributed by atoms with Crippen molar-refractivity contribution in [2.24, 2.45) is 0 Å². The standard InChI is InChI=1S/C9H11ClN2O2/c10-9-2-1-7(3-11-9)4-12-5-8(13)6-14-12/h1-3,8,13H,4-6H2/t8-/m1/s1. The predicted octanol–water partition coefficient (Wildman–Crippen LogP) is 0.843. The van der Waals surface area contributed by atoms with Crippen molar-refractivity contribution in [1.29, 1.82) is 0 Å². The SMILES string of the molecule is O[C@H]1CON(Cc2ccc(Cl)nc2)C1. The molecule has 1 aliphatic heterocycles. The normalized spacial score (nSPS) is 22.9. The molecule has 0 radical (unpaired) electrons. The van der Waals surface area contributed by atoms with Crippen LogP contribution in [0.15, 0.2) is 18.3 Å². The van der Waals surface area contributed by atoms with Gasteiger partial charge in [0.25, 0.3) is 0 Å². The second-order valence-electron chi connectivity index (χ2n) is 3.26. The lowest BCUT2D eigenvalue weighted by Crippen LogP contribution is -2.20. The van der Waals surface area contributed by atoms with Crippen LogP contribution in [0.5, 0.6) is 0 Å². The quantitative estimate of drug-likeness (QED) is 0.742. The topological polar surface area (TPSA) is 45.6 Å². The van der Waals surface area contributed by atoms with Crippen LogP contribution in [0.3, 0.4) is 0 Å². The van der Waals surface area contributed by atoms with E-state index in [2.05, 4.69) is 4.98 Å². The highest BCUT2D eigenvalue weighted by molar-refractivity contribution is 6.29. The number of pyridine rings is 1. The Morgan fingerprint density at radius 3 is 3.07 bits per heavy atom. The average Bonchev–Trinajstić information content (AvgIpc) is 2.56. The number of β-amino-alcohol motifs (C(OH)–C–C–N with tert-alkyl or cyclic N) is 1. The lowest BCUT2D eigenvalue weighted by molar-refractivity contribution is -0.117. The number of nitrogens with zero attached hydrogens (tertiary/aromatic N) is 2. The van der Waals surface area contributed by atoms with Crippen molar-refractivity contribution >= 4 is 11.6 Å². The minimum absolute atomic E-state index is 0.376. The van der Waals surface area contributed by atoms with Gasteiger partial charge in [-0.3, -0.25) is 4.84 Å². The van der Waals surface area contributed by atoms with Crippen LogP contribution in [0, 0.1) is 0 Å². The number of aliphatic hydroxyl groups is 1. The maximum Gasteiger partial charge on any atom is 0.129 e. The van der Waals surface area contributed by atoms with Gasteiger partial charge in [0.15, 0.2) is 0 Å². The van der Waals surface area contributed by atoms with Crippen LogP contribution in [0.1, 0.15) is 5.56 Å². The first-order chi connectivity index (χ1) is 6.74. The fraction of sp³-hybridized carbons (Fsp3) is 0.444. The highest BCUT2D eigenvalue weighted by Gasteiger charge is 2.21. The molecule has 0 amide bonds. The van der Waals surface area contributed by atoms with Gasteiger partial charge in [0.1, 0.15) is 5.15 Å². The molecule has 0 bridgehead atoms. The molecular weight excluding hydrogens is 204 g/mol. The Bertz CT molecular complexity index is 304. The number of aromatic nitrogens is 1. The summed E-state index contributed by atoms with van der Waals surface area (Å²) < 4.78 is 0. The summed E-state index contributed by atoms with van der Waals surface area (Å²) in [6, 6.07) is 3.63. The Morgan fingerprint density at radius 2 is 2.50 bits per heavy atom. The second-order valence-corrected chi connectivity index (χ2v) is 3.65. The van der Waals surface area contributed by atoms with Gasteiger partial charge in [0.2, 0.25) is 0 Å². The van der Waals surface area contributed by atoms with Crippen LogP contribution >= 0.6 is 11.6 Å². The van der Waals surface area contributed by atoms with Gasteiger partial charge < -0.3 is 5.11 Å². The molecular formula is C9H11ClN2O2. The number of hydroxylamine groups is 2. The van der Waals surface area contributed by atoms with Gasteiger partial charge in [0.05, 0.1) is 25.8 Å². The first kappa shape index (κ1) is 9.86. The van der Waals surface area contributed by atoms with E-state index in [1.54, 1.807) is 17.3 Å². The third-order valence-corrected chi connectivity index (χ3v) is 2.24. The molecule has 2 heterocycles. The molecule has 0 saturated carbocycles. The summed E-state index contributed by atoms with van der Waals surface area (Å²) in [5, 5.41) is 11.4. The van der Waals surface area contributed by atoms with Gasteiger partial charge in [-0.25, -0.2) is 4.98 Å². The Morgan fingerprint density at radius 1 is 1.64 bits per heavy atom. The summed E-state index contributed by atoms with van der Waals surface area (Å²) in [7, 11) is 0. The molecule has 0 aliphatic carbocycles. The maximum atomic E-state index is 9.22. The largest absolute Gasteiger partial charge is 0.389 e. The van der Waals surface area contributed by atoms with Crippen LogP contribution < -0.4 is 0 Å². The van der Waals surface area contributed by atoms with Crippen molar-refractivity contribution in [1.82, 2.24) is 10.0 Å². The molecule has 76 valence electrons. The van der Waals surface area contributed by atoms with Crippen molar-refractivity contribution in [3.05, 3.63) is 29.0 Å². The van der Waals surface area contributed by atoms with Gasteiger partial charge in [-0.2, -0.15) is 5.06 Å². The molecule has 2 rings (SSSR count). The Kier molecular flexibility index (Phi) is 2.98. The van der Waals surface area contributed by atoms with E-state index in [9.17, 15) is 5.11 Å². The highest BCUT2D eigenvalue weighted by atomic mass is 35.5. The van der Waals surface area contributed by atoms with Crippen LogP contribution in [-0.2, 0) is 11.4 Å². The van der Waals surface area contributed by atoms with E-state index in [0.29, 0.717) is 24.8 Å². The van der Waals surface area contributed by atoms with Gasteiger partial charge in [-0.15, -0.1) is 0 Å². The molecule has 1 aromatic rings. The molecule has 0 unspecified atom stereocenters. The summed E-state index contributed by atoms with van der Waals surface area (Å²) in [6.45, 7) is 1.55. The first-order valence-corrected chi connectivity index (χ1v) is 4.78.